The van der Waals surface area contributed by atoms with Crippen molar-refractivity contribution in [1.29, 1.82) is 0 Å². The van der Waals surface area contributed by atoms with Crippen LogP contribution in [0.2, 0.25) is 0 Å². The molecule has 0 aromatic heterocycles. The van der Waals surface area contributed by atoms with Crippen LogP contribution in [0.3, 0.4) is 0 Å². The van der Waals surface area contributed by atoms with Gasteiger partial charge in [0.25, 0.3) is 0 Å². The molecule has 0 radical (unpaired) electrons. The standard InChI is InChI=1S/C75H118O6/c1-4-7-10-13-16-19-22-25-28-30-32-33-34-35-36-37-38-39-40-41-43-44-47-50-53-56-59-62-65-68-74(77)80-71-72(70-79-73(76)67-64-61-58-55-52-49-46-27-24-21-18-15-12-9-6-3)81-75(78)69-66-63-60-57-54-51-48-45-42-31-29-26-23-20-17-14-11-8-5-2/h7,9-10,12,16-21,25-29,32-33,35-36,38-39,41-43,45-47,50,72H,4-6,8,11,13-15,22-24,30-31,34,37,40,44,48-49,51-71H2,1-3H3/b10-7-,12-9-,19-16-,20-17-,21-18-,28-25-,29-26-,33-32-,36-35-,39-38-,43-41-,45-42-,46-27-,50-47-. The van der Waals surface area contributed by atoms with Crippen LogP contribution in [0.1, 0.15) is 265 Å². The number of rotatable bonds is 57. The van der Waals surface area contributed by atoms with Gasteiger partial charge in [0.1, 0.15) is 13.2 Å². The first-order valence-electron chi connectivity index (χ1n) is 32.6. The van der Waals surface area contributed by atoms with Crippen molar-refractivity contribution < 1.29 is 28.6 Å². The predicted octanol–water partition coefficient (Wildman–Crippen LogP) is 22.7. The third kappa shape index (κ3) is 65.5. The van der Waals surface area contributed by atoms with Crippen molar-refractivity contribution in [2.75, 3.05) is 13.2 Å². The molecule has 0 saturated carbocycles. The van der Waals surface area contributed by atoms with Gasteiger partial charge in [-0.1, -0.05) is 262 Å². The number of allylic oxidation sites excluding steroid dienone is 28. The SMILES string of the molecule is CC/C=C\C/C=C\C/C=C\C/C=C\C/C=C\C/C=C\C/C=C\C/C=C\CCCCCCC(=O)OCC(COC(=O)CCCCCCC/C=C\C/C=C\C/C=C\CC)OC(=O)CCCCCCCC/C=C\C/C=C\C/C=C\CCCCC. The molecule has 0 aromatic rings. The molecule has 0 aliphatic rings. The summed E-state index contributed by atoms with van der Waals surface area (Å²) >= 11 is 0. The molecule has 454 valence electrons. The average Bonchev–Trinajstić information content (AvgIpc) is 3.47. The van der Waals surface area contributed by atoms with Gasteiger partial charge in [-0.3, -0.25) is 14.4 Å². The van der Waals surface area contributed by atoms with Crippen LogP contribution in [0, 0.1) is 0 Å². The highest BCUT2D eigenvalue weighted by molar-refractivity contribution is 5.71. The molecule has 0 aromatic carbocycles. The summed E-state index contributed by atoms with van der Waals surface area (Å²) in [6.45, 7) is 6.33. The lowest BCUT2D eigenvalue weighted by atomic mass is 10.1. The molecule has 0 spiro atoms. The second kappa shape index (κ2) is 67.3. The van der Waals surface area contributed by atoms with E-state index < -0.39 is 6.10 Å². The van der Waals surface area contributed by atoms with Crippen molar-refractivity contribution >= 4 is 17.9 Å². The third-order valence-corrected chi connectivity index (χ3v) is 13.2. The summed E-state index contributed by atoms with van der Waals surface area (Å²) in [7, 11) is 0. The van der Waals surface area contributed by atoms with Crippen LogP contribution >= 0.6 is 0 Å². The van der Waals surface area contributed by atoms with Gasteiger partial charge in [-0.05, 0) is 154 Å². The summed E-state index contributed by atoms with van der Waals surface area (Å²) in [6, 6.07) is 0. The Labute approximate surface area is 498 Å². The Morgan fingerprint density at radius 1 is 0.259 bits per heavy atom. The van der Waals surface area contributed by atoms with E-state index in [1.54, 1.807) is 0 Å². The highest BCUT2D eigenvalue weighted by Crippen LogP contribution is 2.14. The Morgan fingerprint density at radius 3 is 0.753 bits per heavy atom. The first kappa shape index (κ1) is 75.8. The number of carbonyl (C=O) groups is 3. The van der Waals surface area contributed by atoms with E-state index in [1.807, 2.05) is 0 Å². The zero-order valence-corrected chi connectivity index (χ0v) is 52.0. The lowest BCUT2D eigenvalue weighted by Gasteiger charge is -2.18. The minimum Gasteiger partial charge on any atom is -0.462 e. The smallest absolute Gasteiger partial charge is 0.306 e. The predicted molar refractivity (Wildman–Crippen MR) is 352 cm³/mol. The third-order valence-electron chi connectivity index (χ3n) is 13.2. The minimum absolute atomic E-state index is 0.108. The second-order valence-electron chi connectivity index (χ2n) is 20.9. The van der Waals surface area contributed by atoms with Crippen molar-refractivity contribution in [1.82, 2.24) is 0 Å². The Bertz CT molecular complexity index is 1860. The number of carbonyl (C=O) groups excluding carboxylic acids is 3. The van der Waals surface area contributed by atoms with Gasteiger partial charge in [0.05, 0.1) is 0 Å². The van der Waals surface area contributed by atoms with E-state index in [2.05, 4.69) is 191 Å². The molecule has 0 heterocycles. The Balaban J connectivity index is 4.47. The van der Waals surface area contributed by atoms with E-state index in [0.717, 1.165) is 186 Å². The maximum absolute atomic E-state index is 12.9. The Morgan fingerprint density at radius 2 is 0.481 bits per heavy atom. The highest BCUT2D eigenvalue weighted by Gasteiger charge is 2.19. The number of unbranched alkanes of at least 4 members (excludes halogenated alkanes) is 18. The van der Waals surface area contributed by atoms with Crippen molar-refractivity contribution in [2.24, 2.45) is 0 Å². The molecule has 0 bridgehead atoms. The number of esters is 3. The summed E-state index contributed by atoms with van der Waals surface area (Å²) in [5.74, 6) is -0.966. The fourth-order valence-electron chi connectivity index (χ4n) is 8.36. The van der Waals surface area contributed by atoms with Crippen LogP contribution in [0.5, 0.6) is 0 Å². The Hall–Kier alpha value is -5.23. The molecule has 6 nitrogen and oxygen atoms in total. The first-order chi connectivity index (χ1) is 40.0. The van der Waals surface area contributed by atoms with E-state index in [4.69, 9.17) is 14.2 Å². The van der Waals surface area contributed by atoms with Crippen LogP contribution in [-0.2, 0) is 28.6 Å². The topological polar surface area (TPSA) is 78.9 Å². The average molecular weight is 1120 g/mol. The molecule has 0 fully saturated rings. The molecule has 0 rings (SSSR count). The zero-order valence-electron chi connectivity index (χ0n) is 52.0. The number of ether oxygens (including phenoxy) is 3. The molecule has 6 heteroatoms. The van der Waals surface area contributed by atoms with Gasteiger partial charge in [0.2, 0.25) is 0 Å². The maximum Gasteiger partial charge on any atom is 0.306 e. The number of hydrogen-bond donors (Lipinski definition) is 0. The van der Waals surface area contributed by atoms with Crippen molar-refractivity contribution in [3.63, 3.8) is 0 Å². The van der Waals surface area contributed by atoms with Crippen LogP contribution in [0.4, 0.5) is 0 Å². The van der Waals surface area contributed by atoms with Gasteiger partial charge in [-0.15, -0.1) is 0 Å². The Kier molecular flexibility index (Phi) is 62.9. The van der Waals surface area contributed by atoms with Gasteiger partial charge < -0.3 is 14.2 Å². The molecule has 1 unspecified atom stereocenters. The number of hydrogen-bond acceptors (Lipinski definition) is 6. The monoisotopic (exact) mass is 1110 g/mol. The van der Waals surface area contributed by atoms with Crippen LogP contribution < -0.4 is 0 Å². The van der Waals surface area contributed by atoms with E-state index in [9.17, 15) is 14.4 Å². The van der Waals surface area contributed by atoms with Gasteiger partial charge in [-0.2, -0.15) is 0 Å². The molecule has 0 N–H and O–H groups in total. The van der Waals surface area contributed by atoms with Gasteiger partial charge in [-0.25, -0.2) is 0 Å². The molecule has 81 heavy (non-hydrogen) atoms. The van der Waals surface area contributed by atoms with Gasteiger partial charge in [0.15, 0.2) is 6.10 Å². The largest absolute Gasteiger partial charge is 0.462 e. The normalized spacial score (nSPS) is 13.3. The second-order valence-corrected chi connectivity index (χ2v) is 20.9. The van der Waals surface area contributed by atoms with E-state index in [1.165, 1.54) is 38.5 Å². The molecule has 0 aliphatic heterocycles. The highest BCUT2D eigenvalue weighted by atomic mass is 16.6. The van der Waals surface area contributed by atoms with Crippen LogP contribution in [-0.4, -0.2) is 37.2 Å². The molecule has 1 atom stereocenters. The van der Waals surface area contributed by atoms with Crippen LogP contribution in [0.15, 0.2) is 170 Å². The summed E-state index contributed by atoms with van der Waals surface area (Å²) in [5, 5.41) is 0. The quantitative estimate of drug-likeness (QED) is 0.0261. The van der Waals surface area contributed by atoms with E-state index >= 15 is 0 Å². The fourth-order valence-corrected chi connectivity index (χ4v) is 8.36. The van der Waals surface area contributed by atoms with Gasteiger partial charge in [0, 0.05) is 19.3 Å². The molecule has 0 saturated heterocycles. The summed E-state index contributed by atoms with van der Waals surface area (Å²) < 4.78 is 16.9. The fraction of sp³-hybridized carbons (Fsp3) is 0.587. The lowest BCUT2D eigenvalue weighted by molar-refractivity contribution is -0.167. The molecule has 0 amide bonds. The maximum atomic E-state index is 12.9. The lowest BCUT2D eigenvalue weighted by Crippen LogP contribution is -2.30. The summed E-state index contributed by atoms with van der Waals surface area (Å²) in [6.07, 6.45) is 99.2. The van der Waals surface area contributed by atoms with Crippen molar-refractivity contribution in [3.05, 3.63) is 170 Å². The molecular weight excluding hydrogens is 997 g/mol. The zero-order chi connectivity index (χ0) is 58.5. The van der Waals surface area contributed by atoms with E-state index in [-0.39, 0.29) is 31.1 Å². The minimum atomic E-state index is -0.814. The summed E-state index contributed by atoms with van der Waals surface area (Å²) in [4.78, 5) is 38.4. The first-order valence-corrected chi connectivity index (χ1v) is 32.6. The van der Waals surface area contributed by atoms with Crippen molar-refractivity contribution in [3.8, 4) is 0 Å². The van der Waals surface area contributed by atoms with Crippen molar-refractivity contribution in [2.45, 2.75) is 271 Å². The summed E-state index contributed by atoms with van der Waals surface area (Å²) in [5.41, 5.74) is 0. The van der Waals surface area contributed by atoms with Crippen LogP contribution in [0.25, 0.3) is 0 Å². The van der Waals surface area contributed by atoms with Gasteiger partial charge >= 0.3 is 17.9 Å². The van der Waals surface area contributed by atoms with E-state index in [0.29, 0.717) is 19.3 Å². The molecular formula is C75H118O6. The molecule has 0 aliphatic carbocycles.